The summed E-state index contributed by atoms with van der Waals surface area (Å²) in [5.74, 6) is -0.558. The van der Waals surface area contributed by atoms with E-state index in [1.165, 1.54) is 12.1 Å². The highest BCUT2D eigenvalue weighted by atomic mass is 35.5. The van der Waals surface area contributed by atoms with Crippen LogP contribution in [-0.4, -0.2) is 27.0 Å². The first kappa shape index (κ1) is 18.9. The largest absolute Gasteiger partial charge is 0.465 e. The molecule has 0 aliphatic rings. The highest BCUT2D eigenvalue weighted by molar-refractivity contribution is 7.89. The van der Waals surface area contributed by atoms with Crippen LogP contribution in [0, 0.1) is 6.92 Å². The Balaban J connectivity index is 2.98. The van der Waals surface area contributed by atoms with Gasteiger partial charge < -0.3 is 4.74 Å². The van der Waals surface area contributed by atoms with Gasteiger partial charge in [-0.15, -0.1) is 0 Å². The Bertz CT molecular complexity index is 616. The van der Waals surface area contributed by atoms with Gasteiger partial charge in [0.25, 0.3) is 0 Å². The number of hydrogen-bond acceptors (Lipinski definition) is 4. The van der Waals surface area contributed by atoms with E-state index in [1.54, 1.807) is 19.9 Å². The molecule has 0 fully saturated rings. The summed E-state index contributed by atoms with van der Waals surface area (Å²) in [5, 5.41) is 0.365. The fraction of sp³-hybridized carbons (Fsp3) is 0.533. The number of benzene rings is 1. The molecule has 1 aromatic carbocycles. The average molecular weight is 348 g/mol. The number of carbonyl (C=O) groups is 1. The second kappa shape index (κ2) is 8.50. The molecular weight excluding hydrogens is 326 g/mol. The minimum absolute atomic E-state index is 0.0360. The second-order valence-corrected chi connectivity index (χ2v) is 7.10. The number of nitrogens with one attached hydrogen (secondary N) is 1. The Hall–Kier alpha value is -1.11. The Morgan fingerprint density at radius 1 is 1.36 bits per heavy atom. The molecule has 1 atom stereocenters. The van der Waals surface area contributed by atoms with Crippen molar-refractivity contribution in [1.29, 1.82) is 0 Å². The number of halogens is 1. The number of aryl methyl sites for hydroxylation is 1. The maximum atomic E-state index is 12.4. The third kappa shape index (κ3) is 5.26. The highest BCUT2D eigenvalue weighted by Gasteiger charge is 2.26. The fourth-order valence-electron chi connectivity index (χ4n) is 1.87. The lowest BCUT2D eigenvalue weighted by Gasteiger charge is -2.17. The minimum Gasteiger partial charge on any atom is -0.465 e. The van der Waals surface area contributed by atoms with Gasteiger partial charge in [-0.05, 0) is 38.0 Å². The maximum Gasteiger partial charge on any atom is 0.324 e. The van der Waals surface area contributed by atoms with Gasteiger partial charge >= 0.3 is 5.97 Å². The van der Waals surface area contributed by atoms with Gasteiger partial charge in [-0.2, -0.15) is 4.72 Å². The first-order valence-corrected chi connectivity index (χ1v) is 9.13. The predicted molar refractivity (Wildman–Crippen MR) is 86.5 cm³/mol. The van der Waals surface area contributed by atoms with Crippen molar-refractivity contribution in [1.82, 2.24) is 4.72 Å². The van der Waals surface area contributed by atoms with Crippen LogP contribution in [0.15, 0.2) is 23.1 Å². The second-order valence-electron chi connectivity index (χ2n) is 4.98. The van der Waals surface area contributed by atoms with Crippen molar-refractivity contribution in [3.63, 3.8) is 0 Å². The van der Waals surface area contributed by atoms with Crippen LogP contribution in [0.3, 0.4) is 0 Å². The van der Waals surface area contributed by atoms with E-state index in [9.17, 15) is 13.2 Å². The molecule has 0 bridgehead atoms. The van der Waals surface area contributed by atoms with Gasteiger partial charge in [-0.1, -0.05) is 37.4 Å². The molecule has 1 rings (SSSR count). The zero-order valence-electron chi connectivity index (χ0n) is 13.1. The summed E-state index contributed by atoms with van der Waals surface area (Å²) in [6.45, 7) is 5.65. The lowest BCUT2D eigenvalue weighted by Crippen LogP contribution is -2.41. The van der Waals surface area contributed by atoms with Crippen LogP contribution in [0.2, 0.25) is 5.02 Å². The predicted octanol–water partition coefficient (Wildman–Crippen LogP) is 3.05. The van der Waals surface area contributed by atoms with Gasteiger partial charge in [0, 0.05) is 5.02 Å². The van der Waals surface area contributed by atoms with Crippen molar-refractivity contribution < 1.29 is 17.9 Å². The number of sulfonamides is 1. The summed E-state index contributed by atoms with van der Waals surface area (Å²) in [4.78, 5) is 11.9. The van der Waals surface area contributed by atoms with Crippen LogP contribution >= 0.6 is 11.6 Å². The van der Waals surface area contributed by atoms with Crippen molar-refractivity contribution in [2.45, 2.75) is 51.0 Å². The standard InChI is InChI=1S/C15H22ClNO4S/c1-4-6-7-14(15(18)21-5-2)17-22(19,20)12-9-8-11(3)13(16)10-12/h8-10,14,17H,4-7H2,1-3H3. The van der Waals surface area contributed by atoms with Crippen LogP contribution in [0.1, 0.15) is 38.7 Å². The third-order valence-corrected chi connectivity index (χ3v) is 5.05. The Morgan fingerprint density at radius 3 is 2.59 bits per heavy atom. The van der Waals surface area contributed by atoms with E-state index in [1.807, 2.05) is 6.92 Å². The summed E-state index contributed by atoms with van der Waals surface area (Å²) in [6, 6.07) is 3.58. The summed E-state index contributed by atoms with van der Waals surface area (Å²) < 4.78 is 32.1. The van der Waals surface area contributed by atoms with Crippen molar-refractivity contribution in [2.24, 2.45) is 0 Å². The molecule has 1 aromatic rings. The highest BCUT2D eigenvalue weighted by Crippen LogP contribution is 2.20. The van der Waals surface area contributed by atoms with Gasteiger partial charge in [-0.25, -0.2) is 8.42 Å². The van der Waals surface area contributed by atoms with E-state index in [4.69, 9.17) is 16.3 Å². The molecule has 0 saturated heterocycles. The molecule has 22 heavy (non-hydrogen) atoms. The van der Waals surface area contributed by atoms with Gasteiger partial charge in [0.1, 0.15) is 6.04 Å². The van der Waals surface area contributed by atoms with Crippen LogP contribution in [0.4, 0.5) is 0 Å². The molecule has 0 aromatic heterocycles. The molecule has 1 N–H and O–H groups in total. The van der Waals surface area contributed by atoms with Crippen molar-refractivity contribution >= 4 is 27.6 Å². The number of esters is 1. The van der Waals surface area contributed by atoms with Gasteiger partial charge in [0.05, 0.1) is 11.5 Å². The van der Waals surface area contributed by atoms with Gasteiger partial charge in [-0.3, -0.25) is 4.79 Å². The molecule has 0 aliphatic heterocycles. The molecule has 0 radical (unpaired) electrons. The first-order valence-electron chi connectivity index (χ1n) is 7.27. The average Bonchev–Trinajstić information content (AvgIpc) is 2.46. The van der Waals surface area contributed by atoms with E-state index >= 15 is 0 Å². The Labute approximate surface area is 137 Å². The van der Waals surface area contributed by atoms with Crippen molar-refractivity contribution in [3.8, 4) is 0 Å². The topological polar surface area (TPSA) is 72.5 Å². The smallest absolute Gasteiger partial charge is 0.324 e. The molecule has 0 aliphatic carbocycles. The van der Waals surface area contributed by atoms with Crippen molar-refractivity contribution in [3.05, 3.63) is 28.8 Å². The molecule has 7 heteroatoms. The minimum atomic E-state index is -3.83. The molecular formula is C15H22ClNO4S. The molecule has 0 spiro atoms. The van der Waals surface area contributed by atoms with Gasteiger partial charge in [0.15, 0.2) is 0 Å². The Morgan fingerprint density at radius 2 is 2.05 bits per heavy atom. The van der Waals surface area contributed by atoms with E-state index in [0.29, 0.717) is 11.4 Å². The molecule has 5 nitrogen and oxygen atoms in total. The first-order chi connectivity index (χ1) is 10.3. The number of rotatable bonds is 8. The zero-order valence-corrected chi connectivity index (χ0v) is 14.6. The number of hydrogen-bond donors (Lipinski definition) is 1. The summed E-state index contributed by atoms with van der Waals surface area (Å²) >= 11 is 5.97. The van der Waals surface area contributed by atoms with E-state index in [0.717, 1.165) is 18.4 Å². The lowest BCUT2D eigenvalue weighted by atomic mass is 10.1. The van der Waals surface area contributed by atoms with Crippen LogP contribution in [-0.2, 0) is 19.6 Å². The summed E-state index contributed by atoms with van der Waals surface area (Å²) in [6.07, 6.45) is 1.98. The molecule has 124 valence electrons. The molecule has 0 saturated carbocycles. The molecule has 0 amide bonds. The van der Waals surface area contributed by atoms with Gasteiger partial charge in [0.2, 0.25) is 10.0 Å². The number of ether oxygens (including phenoxy) is 1. The maximum absolute atomic E-state index is 12.4. The monoisotopic (exact) mass is 347 g/mol. The third-order valence-electron chi connectivity index (χ3n) is 3.17. The number of carbonyl (C=O) groups excluding carboxylic acids is 1. The molecule has 1 unspecified atom stereocenters. The SMILES string of the molecule is CCCCC(NS(=O)(=O)c1ccc(C)c(Cl)c1)C(=O)OCC. The van der Waals surface area contributed by atoms with Crippen LogP contribution < -0.4 is 4.72 Å². The normalized spacial score (nSPS) is 12.9. The molecule has 0 heterocycles. The van der Waals surface area contributed by atoms with E-state index in [-0.39, 0.29) is 11.5 Å². The van der Waals surface area contributed by atoms with E-state index in [2.05, 4.69) is 4.72 Å². The van der Waals surface area contributed by atoms with Crippen LogP contribution in [0.5, 0.6) is 0 Å². The summed E-state index contributed by atoms with van der Waals surface area (Å²) in [7, 11) is -3.83. The van der Waals surface area contributed by atoms with Crippen LogP contribution in [0.25, 0.3) is 0 Å². The zero-order chi connectivity index (χ0) is 16.8. The fourth-order valence-corrected chi connectivity index (χ4v) is 3.36. The lowest BCUT2D eigenvalue weighted by molar-refractivity contribution is -0.145. The number of unbranched alkanes of at least 4 members (excludes halogenated alkanes) is 1. The quantitative estimate of drug-likeness (QED) is 0.733. The van der Waals surface area contributed by atoms with E-state index < -0.39 is 22.0 Å². The van der Waals surface area contributed by atoms with Crippen molar-refractivity contribution in [2.75, 3.05) is 6.61 Å². The summed E-state index contributed by atoms with van der Waals surface area (Å²) in [5.41, 5.74) is 0.786. The Kier molecular flexibility index (Phi) is 7.32.